The van der Waals surface area contributed by atoms with Crippen LogP contribution in [0, 0.1) is 0 Å². The number of hydrogen-bond donors (Lipinski definition) is 0. The highest BCUT2D eigenvalue weighted by molar-refractivity contribution is 5.81. The molecule has 1 amide bonds. The van der Waals surface area contributed by atoms with Gasteiger partial charge in [-0.25, -0.2) is 4.98 Å². The van der Waals surface area contributed by atoms with E-state index in [0.717, 1.165) is 36.4 Å². The van der Waals surface area contributed by atoms with E-state index in [1.165, 1.54) is 11.1 Å². The van der Waals surface area contributed by atoms with Gasteiger partial charge in [0.2, 0.25) is 5.91 Å². The van der Waals surface area contributed by atoms with Gasteiger partial charge in [0.15, 0.2) is 0 Å². The van der Waals surface area contributed by atoms with Crippen molar-refractivity contribution in [1.82, 2.24) is 14.5 Å². The van der Waals surface area contributed by atoms with Crippen LogP contribution in [0.25, 0.3) is 11.0 Å². The largest absolute Gasteiger partial charge is 0.342 e. The topological polar surface area (TPSA) is 38.1 Å². The van der Waals surface area contributed by atoms with E-state index >= 15 is 0 Å². The third-order valence-electron chi connectivity index (χ3n) is 6.39. The highest BCUT2D eigenvalue weighted by Gasteiger charge is 2.34. The zero-order chi connectivity index (χ0) is 21.2. The Bertz CT molecular complexity index is 1180. The summed E-state index contributed by atoms with van der Waals surface area (Å²) in [5.41, 5.74) is 4.64. The number of aromatic nitrogens is 2. The molecule has 1 aliphatic heterocycles. The molecule has 2 heterocycles. The molecule has 0 aliphatic carbocycles. The Kier molecular flexibility index (Phi) is 5.29. The number of carbonyl (C=O) groups is 1. The number of fused-ring (bicyclic) bond motifs is 1. The summed E-state index contributed by atoms with van der Waals surface area (Å²) >= 11 is 0. The second-order valence-electron chi connectivity index (χ2n) is 8.39. The van der Waals surface area contributed by atoms with Crippen molar-refractivity contribution in [3.63, 3.8) is 0 Å². The van der Waals surface area contributed by atoms with Gasteiger partial charge in [-0.2, -0.15) is 0 Å². The third kappa shape index (κ3) is 3.86. The molecule has 5 rings (SSSR count). The van der Waals surface area contributed by atoms with Gasteiger partial charge in [0.25, 0.3) is 0 Å². The quantitative estimate of drug-likeness (QED) is 0.439. The number of carbonyl (C=O) groups excluding carboxylic acids is 1. The first kappa shape index (κ1) is 19.6. The average molecular weight is 410 g/mol. The number of likely N-dealkylation sites (tertiary alicyclic amines) is 1. The minimum Gasteiger partial charge on any atom is -0.342 e. The maximum atomic E-state index is 12.8. The van der Waals surface area contributed by atoms with Crippen molar-refractivity contribution in [2.24, 2.45) is 0 Å². The minimum atomic E-state index is 0.113. The average Bonchev–Trinajstić information content (AvgIpc) is 3.39. The third-order valence-corrected chi connectivity index (χ3v) is 6.39. The first-order valence-electron chi connectivity index (χ1n) is 11.0. The minimum absolute atomic E-state index is 0.113. The Hall–Kier alpha value is -3.40. The predicted octanol–water partition coefficient (Wildman–Crippen LogP) is 5.20. The molecule has 0 N–H and O–H groups in total. The summed E-state index contributed by atoms with van der Waals surface area (Å²) in [5.74, 6) is 1.36. The number of nitrogens with zero attached hydrogens (tertiary/aromatic N) is 3. The van der Waals surface area contributed by atoms with E-state index in [1.54, 1.807) is 0 Å². The molecule has 1 aliphatic rings. The fourth-order valence-electron chi connectivity index (χ4n) is 4.71. The highest BCUT2D eigenvalue weighted by Crippen LogP contribution is 2.34. The predicted molar refractivity (Wildman–Crippen MR) is 124 cm³/mol. The summed E-state index contributed by atoms with van der Waals surface area (Å²) < 4.78 is 2.34. The molecular weight excluding hydrogens is 382 g/mol. The van der Waals surface area contributed by atoms with Gasteiger partial charge in [-0.1, -0.05) is 72.8 Å². The summed E-state index contributed by atoms with van der Waals surface area (Å²) in [4.78, 5) is 19.9. The van der Waals surface area contributed by atoms with E-state index in [-0.39, 0.29) is 17.9 Å². The first-order chi connectivity index (χ1) is 15.2. The number of para-hydroxylation sites is 2. The van der Waals surface area contributed by atoms with Crippen LogP contribution in [0.2, 0.25) is 0 Å². The van der Waals surface area contributed by atoms with Crippen molar-refractivity contribution >= 4 is 16.9 Å². The van der Waals surface area contributed by atoms with Crippen LogP contribution >= 0.6 is 0 Å². The van der Waals surface area contributed by atoms with Crippen LogP contribution in [-0.2, 0) is 11.2 Å². The van der Waals surface area contributed by atoms with Crippen molar-refractivity contribution in [2.75, 3.05) is 13.1 Å². The van der Waals surface area contributed by atoms with Gasteiger partial charge in [-0.15, -0.1) is 0 Å². The van der Waals surface area contributed by atoms with Crippen LogP contribution in [0.15, 0.2) is 84.9 Å². The molecule has 156 valence electrons. The van der Waals surface area contributed by atoms with Crippen molar-refractivity contribution < 1.29 is 4.79 Å². The van der Waals surface area contributed by atoms with Gasteiger partial charge in [0.05, 0.1) is 17.1 Å². The molecule has 4 aromatic rings. The van der Waals surface area contributed by atoms with E-state index in [9.17, 15) is 4.79 Å². The van der Waals surface area contributed by atoms with Gasteiger partial charge >= 0.3 is 0 Å². The summed E-state index contributed by atoms with van der Waals surface area (Å²) in [5, 5.41) is 0. The van der Waals surface area contributed by atoms with Gasteiger partial charge in [-0.05, 0) is 36.6 Å². The van der Waals surface area contributed by atoms with E-state index < -0.39 is 0 Å². The van der Waals surface area contributed by atoms with Crippen LogP contribution in [0.4, 0.5) is 0 Å². The van der Waals surface area contributed by atoms with E-state index in [2.05, 4.69) is 78.2 Å². The lowest BCUT2D eigenvalue weighted by molar-refractivity contribution is -0.127. The maximum absolute atomic E-state index is 12.8. The number of imidazole rings is 1. The molecule has 3 aromatic carbocycles. The Morgan fingerprint density at radius 1 is 0.935 bits per heavy atom. The molecule has 2 atom stereocenters. The van der Waals surface area contributed by atoms with Crippen molar-refractivity contribution in [1.29, 1.82) is 0 Å². The lowest BCUT2D eigenvalue weighted by Crippen LogP contribution is -2.27. The number of rotatable bonds is 6. The Balaban J connectivity index is 1.44. The molecule has 1 saturated heterocycles. The molecule has 4 nitrogen and oxygen atoms in total. The molecule has 0 spiro atoms. The van der Waals surface area contributed by atoms with Crippen LogP contribution in [0.1, 0.15) is 42.3 Å². The maximum Gasteiger partial charge on any atom is 0.223 e. The zero-order valence-electron chi connectivity index (χ0n) is 17.8. The van der Waals surface area contributed by atoms with E-state index in [4.69, 9.17) is 4.98 Å². The molecule has 1 aromatic heterocycles. The molecule has 31 heavy (non-hydrogen) atoms. The standard InChI is InChI=1S/C27H27N3O/c1-20(22-12-6-3-7-13-22)30-25-15-9-8-14-24(25)28-27(30)23-18-26(31)29(19-23)17-16-21-10-4-2-5-11-21/h2-15,20,23H,16-19H2,1H3. The first-order valence-corrected chi connectivity index (χ1v) is 11.0. The molecule has 0 bridgehead atoms. The number of benzene rings is 3. The molecule has 4 heteroatoms. The van der Waals surface area contributed by atoms with E-state index in [1.807, 2.05) is 23.1 Å². The van der Waals surface area contributed by atoms with Crippen LogP contribution in [-0.4, -0.2) is 33.4 Å². The summed E-state index contributed by atoms with van der Waals surface area (Å²) in [6.45, 7) is 3.71. The summed E-state index contributed by atoms with van der Waals surface area (Å²) in [7, 11) is 0. The summed E-state index contributed by atoms with van der Waals surface area (Å²) in [6.07, 6.45) is 1.41. The smallest absolute Gasteiger partial charge is 0.223 e. The van der Waals surface area contributed by atoms with Crippen LogP contribution in [0.5, 0.6) is 0 Å². The van der Waals surface area contributed by atoms with Crippen LogP contribution < -0.4 is 0 Å². The highest BCUT2D eigenvalue weighted by atomic mass is 16.2. The molecule has 1 fully saturated rings. The Morgan fingerprint density at radius 2 is 1.61 bits per heavy atom. The molecule has 2 unspecified atom stereocenters. The molecule has 0 saturated carbocycles. The SMILES string of the molecule is CC(c1ccccc1)n1c(C2CC(=O)N(CCc3ccccc3)C2)nc2ccccc21. The van der Waals surface area contributed by atoms with Gasteiger partial charge in [0.1, 0.15) is 5.82 Å². The van der Waals surface area contributed by atoms with Gasteiger partial charge in [0, 0.05) is 25.4 Å². The van der Waals surface area contributed by atoms with Crippen molar-refractivity contribution in [3.8, 4) is 0 Å². The summed E-state index contributed by atoms with van der Waals surface area (Å²) in [6, 6.07) is 29.4. The molecule has 0 radical (unpaired) electrons. The van der Waals surface area contributed by atoms with Crippen molar-refractivity contribution in [3.05, 3.63) is 102 Å². The monoisotopic (exact) mass is 409 g/mol. The lowest BCUT2D eigenvalue weighted by atomic mass is 10.0. The fraction of sp³-hybridized carbons (Fsp3) is 0.259. The second kappa shape index (κ2) is 8.38. The fourth-order valence-corrected chi connectivity index (χ4v) is 4.71. The van der Waals surface area contributed by atoms with E-state index in [0.29, 0.717) is 6.42 Å². The number of amides is 1. The van der Waals surface area contributed by atoms with Gasteiger partial charge < -0.3 is 9.47 Å². The Morgan fingerprint density at radius 3 is 2.39 bits per heavy atom. The zero-order valence-corrected chi connectivity index (χ0v) is 17.8. The lowest BCUT2D eigenvalue weighted by Gasteiger charge is -2.21. The molecular formula is C27H27N3O. The normalized spacial score (nSPS) is 17.4. The van der Waals surface area contributed by atoms with Gasteiger partial charge in [-0.3, -0.25) is 4.79 Å². The van der Waals surface area contributed by atoms with Crippen molar-refractivity contribution in [2.45, 2.75) is 31.7 Å². The number of hydrogen-bond acceptors (Lipinski definition) is 2. The van der Waals surface area contributed by atoms with Crippen LogP contribution in [0.3, 0.4) is 0 Å². The second-order valence-corrected chi connectivity index (χ2v) is 8.39. The Labute approximate surface area is 183 Å².